The quantitative estimate of drug-likeness (QED) is 0.298. The first kappa shape index (κ1) is 18.5. The Morgan fingerprint density at radius 1 is 0.613 bits per heavy atom. The molecule has 1 aliphatic heterocycles. The van der Waals surface area contributed by atoms with Crippen molar-refractivity contribution in [2.24, 2.45) is 0 Å². The molecule has 5 heteroatoms. The van der Waals surface area contributed by atoms with E-state index in [2.05, 4.69) is 18.2 Å². The van der Waals surface area contributed by atoms with Crippen molar-refractivity contribution in [2.75, 3.05) is 4.31 Å². The van der Waals surface area contributed by atoms with E-state index in [0.29, 0.717) is 5.69 Å². The molecule has 31 heavy (non-hydrogen) atoms. The first-order chi connectivity index (χ1) is 15.1. The number of sulfonamides is 1. The van der Waals surface area contributed by atoms with E-state index in [0.717, 1.165) is 37.0 Å². The van der Waals surface area contributed by atoms with Crippen molar-refractivity contribution in [3.63, 3.8) is 0 Å². The summed E-state index contributed by atoms with van der Waals surface area (Å²) < 4.78 is 29.6. The predicted molar refractivity (Wildman–Crippen MR) is 128 cm³/mol. The molecule has 3 nitrogen and oxygen atoms in total. The minimum atomic E-state index is -3.83. The van der Waals surface area contributed by atoms with Crippen LogP contribution in [0.5, 0.6) is 0 Å². The summed E-state index contributed by atoms with van der Waals surface area (Å²) in [5, 5.41) is 4.08. The number of hydrogen-bond acceptors (Lipinski definition) is 3. The van der Waals surface area contributed by atoms with Gasteiger partial charge in [0.1, 0.15) is 0 Å². The van der Waals surface area contributed by atoms with Crippen molar-refractivity contribution in [1.29, 1.82) is 0 Å². The Balaban J connectivity index is 1.74. The Kier molecular flexibility index (Phi) is 4.10. The molecule has 1 aliphatic rings. The summed E-state index contributed by atoms with van der Waals surface area (Å²) in [5.74, 6) is 0. The molecule has 0 amide bonds. The third-order valence-electron chi connectivity index (χ3n) is 5.64. The number of benzene rings is 5. The van der Waals surface area contributed by atoms with Gasteiger partial charge in [0, 0.05) is 15.2 Å². The number of hydrogen-bond donors (Lipinski definition) is 0. The van der Waals surface area contributed by atoms with Crippen LogP contribution in [0.4, 0.5) is 11.4 Å². The fraction of sp³-hybridized carbons (Fsp3) is 0. The van der Waals surface area contributed by atoms with Crippen LogP contribution in [0.1, 0.15) is 0 Å². The van der Waals surface area contributed by atoms with Crippen molar-refractivity contribution < 1.29 is 8.42 Å². The molecular weight excluding hydrogens is 422 g/mol. The monoisotopic (exact) mass is 439 g/mol. The van der Waals surface area contributed by atoms with Gasteiger partial charge in [-0.2, -0.15) is 0 Å². The van der Waals surface area contributed by atoms with Gasteiger partial charge in [-0.1, -0.05) is 90.6 Å². The van der Waals surface area contributed by atoms with Gasteiger partial charge in [0.25, 0.3) is 10.0 Å². The van der Waals surface area contributed by atoms with Crippen LogP contribution in [0, 0.1) is 0 Å². The number of anilines is 2. The van der Waals surface area contributed by atoms with Crippen LogP contribution in [0.2, 0.25) is 0 Å². The Morgan fingerprint density at radius 2 is 1.23 bits per heavy atom. The molecule has 6 rings (SSSR count). The topological polar surface area (TPSA) is 37.4 Å². The summed E-state index contributed by atoms with van der Waals surface area (Å²) in [6.07, 6.45) is 0. The molecule has 0 aliphatic carbocycles. The van der Waals surface area contributed by atoms with E-state index in [1.807, 2.05) is 60.7 Å². The van der Waals surface area contributed by atoms with E-state index >= 15 is 0 Å². The van der Waals surface area contributed by atoms with Gasteiger partial charge in [-0.15, -0.1) is 0 Å². The Bertz CT molecular complexity index is 1580. The molecule has 0 N–H and O–H groups in total. The molecule has 0 saturated heterocycles. The van der Waals surface area contributed by atoms with Gasteiger partial charge in [0.15, 0.2) is 0 Å². The highest BCUT2D eigenvalue weighted by molar-refractivity contribution is 8.00. The lowest BCUT2D eigenvalue weighted by Gasteiger charge is -2.33. The lowest BCUT2D eigenvalue weighted by Crippen LogP contribution is -2.29. The van der Waals surface area contributed by atoms with Crippen LogP contribution in [-0.2, 0) is 10.0 Å². The average molecular weight is 440 g/mol. The molecule has 0 unspecified atom stereocenters. The van der Waals surface area contributed by atoms with Crippen molar-refractivity contribution in [3.8, 4) is 0 Å². The van der Waals surface area contributed by atoms with Crippen LogP contribution in [0.15, 0.2) is 118 Å². The minimum absolute atomic E-state index is 0.278. The Hall–Kier alpha value is -3.28. The highest BCUT2D eigenvalue weighted by atomic mass is 32.2. The smallest absolute Gasteiger partial charge is 0.232 e. The molecular formula is C26H17NO2S2. The molecule has 150 valence electrons. The number of fused-ring (bicyclic) bond motifs is 6. The highest BCUT2D eigenvalue weighted by Crippen LogP contribution is 2.54. The van der Waals surface area contributed by atoms with Gasteiger partial charge in [-0.3, -0.25) is 0 Å². The van der Waals surface area contributed by atoms with Gasteiger partial charge in [-0.05, 0) is 40.4 Å². The third kappa shape index (κ3) is 2.77. The van der Waals surface area contributed by atoms with Gasteiger partial charge in [0.2, 0.25) is 0 Å². The lowest BCUT2D eigenvalue weighted by atomic mass is 10.1. The van der Waals surface area contributed by atoms with E-state index in [-0.39, 0.29) is 4.90 Å². The highest BCUT2D eigenvalue weighted by Gasteiger charge is 2.35. The Morgan fingerprint density at radius 3 is 2.00 bits per heavy atom. The van der Waals surface area contributed by atoms with E-state index in [1.165, 1.54) is 4.31 Å². The summed E-state index contributed by atoms with van der Waals surface area (Å²) >= 11 is 1.64. The van der Waals surface area contributed by atoms with Crippen LogP contribution in [-0.4, -0.2) is 8.42 Å². The SMILES string of the molecule is O=S(=O)(c1ccccc1)N1c2ccc3ccccc3c2Sc2ccc3ccccc3c21. The second-order valence-electron chi connectivity index (χ2n) is 7.45. The lowest BCUT2D eigenvalue weighted by molar-refractivity contribution is 0.596. The maximum atomic E-state index is 14.0. The molecule has 5 aromatic carbocycles. The molecule has 0 radical (unpaired) electrons. The molecule has 0 saturated carbocycles. The van der Waals surface area contributed by atoms with E-state index < -0.39 is 10.0 Å². The van der Waals surface area contributed by atoms with E-state index in [9.17, 15) is 8.42 Å². The zero-order valence-corrected chi connectivity index (χ0v) is 18.0. The van der Waals surface area contributed by atoms with Gasteiger partial charge in [0.05, 0.1) is 16.3 Å². The first-order valence-corrected chi connectivity index (χ1v) is 12.2. The Labute approximate surface area is 185 Å². The largest absolute Gasteiger partial charge is 0.268 e. The van der Waals surface area contributed by atoms with Crippen molar-refractivity contribution in [3.05, 3.63) is 103 Å². The second kappa shape index (κ2) is 6.87. The summed E-state index contributed by atoms with van der Waals surface area (Å²) in [7, 11) is -3.83. The average Bonchev–Trinajstić information content (AvgIpc) is 2.83. The number of rotatable bonds is 2. The van der Waals surface area contributed by atoms with Crippen molar-refractivity contribution in [1.82, 2.24) is 0 Å². The summed E-state index contributed by atoms with van der Waals surface area (Å²) in [6.45, 7) is 0. The summed E-state index contributed by atoms with van der Waals surface area (Å²) in [4.78, 5) is 2.17. The second-order valence-corrected chi connectivity index (χ2v) is 10.3. The standard InChI is InChI=1S/C26H17NO2S2/c28-31(29,20-10-2-1-3-11-20)27-23-16-14-19-9-5-7-13-22(19)26(23)30-24-17-15-18-8-4-6-12-21(18)25(24)27/h1-17H. The van der Waals surface area contributed by atoms with Crippen LogP contribution >= 0.6 is 11.8 Å². The maximum absolute atomic E-state index is 14.0. The molecule has 0 fully saturated rings. The van der Waals surface area contributed by atoms with Crippen molar-refractivity contribution in [2.45, 2.75) is 14.7 Å². The summed E-state index contributed by atoms with van der Waals surface area (Å²) in [5.41, 5.74) is 1.41. The first-order valence-electron chi connectivity index (χ1n) is 9.96. The molecule has 0 aromatic heterocycles. The van der Waals surface area contributed by atoms with E-state index in [4.69, 9.17) is 0 Å². The minimum Gasteiger partial charge on any atom is -0.232 e. The van der Waals surface area contributed by atoms with Crippen LogP contribution in [0.3, 0.4) is 0 Å². The zero-order chi connectivity index (χ0) is 21.0. The van der Waals surface area contributed by atoms with Gasteiger partial charge in [-0.25, -0.2) is 12.7 Å². The molecule has 1 heterocycles. The summed E-state index contributed by atoms with van der Waals surface area (Å²) in [6, 6.07) is 32.7. The molecule has 5 aromatic rings. The van der Waals surface area contributed by atoms with E-state index in [1.54, 1.807) is 36.0 Å². The fourth-order valence-corrected chi connectivity index (χ4v) is 7.09. The molecule has 0 bridgehead atoms. The van der Waals surface area contributed by atoms with Crippen LogP contribution < -0.4 is 4.31 Å². The van der Waals surface area contributed by atoms with Crippen molar-refractivity contribution >= 4 is 54.7 Å². The maximum Gasteiger partial charge on any atom is 0.268 e. The fourth-order valence-electron chi connectivity index (χ4n) is 4.20. The molecule has 0 atom stereocenters. The predicted octanol–water partition coefficient (Wildman–Crippen LogP) is 6.98. The van der Waals surface area contributed by atoms with Gasteiger partial charge >= 0.3 is 0 Å². The third-order valence-corrected chi connectivity index (χ3v) is 8.55. The van der Waals surface area contributed by atoms with Gasteiger partial charge < -0.3 is 0 Å². The zero-order valence-electron chi connectivity index (χ0n) is 16.4. The van der Waals surface area contributed by atoms with Crippen LogP contribution in [0.25, 0.3) is 21.5 Å². The number of nitrogens with zero attached hydrogens (tertiary/aromatic N) is 1. The normalized spacial score (nSPS) is 13.2. The molecule has 0 spiro atoms.